The van der Waals surface area contributed by atoms with E-state index in [1.54, 1.807) is 35.7 Å². The van der Waals surface area contributed by atoms with Gasteiger partial charge in [0.15, 0.2) is 0 Å². The summed E-state index contributed by atoms with van der Waals surface area (Å²) in [7, 11) is 0. The van der Waals surface area contributed by atoms with Crippen molar-refractivity contribution in [1.29, 1.82) is 0 Å². The van der Waals surface area contributed by atoms with Gasteiger partial charge in [-0.1, -0.05) is 43.3 Å². The maximum absolute atomic E-state index is 11.2. The highest BCUT2D eigenvalue weighted by molar-refractivity contribution is 7.99. The Morgan fingerprint density at radius 2 is 1.21 bits per heavy atom. The summed E-state index contributed by atoms with van der Waals surface area (Å²) >= 11 is 3.13. The molecule has 0 aliphatic carbocycles. The Morgan fingerprint density at radius 1 is 0.692 bits per heavy atom. The summed E-state index contributed by atoms with van der Waals surface area (Å²) in [6.45, 7) is 5.19. The average molecular weight is 557 g/mol. The van der Waals surface area contributed by atoms with Gasteiger partial charge in [-0.2, -0.15) is 0 Å². The number of rotatable bonds is 12. The van der Waals surface area contributed by atoms with Gasteiger partial charge in [0.05, 0.1) is 0 Å². The van der Waals surface area contributed by atoms with Crippen molar-refractivity contribution in [3.63, 3.8) is 0 Å². The predicted molar refractivity (Wildman–Crippen MR) is 162 cm³/mol. The first-order valence-corrected chi connectivity index (χ1v) is 15.2. The van der Waals surface area contributed by atoms with Gasteiger partial charge in [0, 0.05) is 20.9 Å². The number of aldehydes is 2. The molecule has 4 aromatic carbocycles. The van der Waals surface area contributed by atoms with Crippen LogP contribution in [0.1, 0.15) is 49.9 Å². The summed E-state index contributed by atoms with van der Waals surface area (Å²) in [5.41, 5.74) is 8.34. The van der Waals surface area contributed by atoms with Gasteiger partial charge in [-0.05, 0) is 95.6 Å². The average Bonchev–Trinajstić information content (AvgIpc) is 2.99. The van der Waals surface area contributed by atoms with Gasteiger partial charge in [-0.3, -0.25) is 9.59 Å². The molecule has 39 heavy (non-hydrogen) atoms. The van der Waals surface area contributed by atoms with E-state index < -0.39 is 0 Å². The van der Waals surface area contributed by atoms with Gasteiger partial charge in [0.2, 0.25) is 0 Å². The van der Waals surface area contributed by atoms with E-state index >= 15 is 0 Å². The normalized spacial score (nSPS) is 10.8. The second kappa shape index (κ2) is 13.5. The Balaban J connectivity index is 1.59. The van der Waals surface area contributed by atoms with Crippen molar-refractivity contribution in [1.82, 2.24) is 0 Å². The number of ether oxygens (including phenoxy) is 2. The van der Waals surface area contributed by atoms with Crippen LogP contribution in [0.4, 0.5) is 0 Å². The molecule has 4 aromatic rings. The standard InChI is InChI=1S/C33H32O4S2/c1-5-27-26(21-37-31-15-13-24(19-35)17-33(31)39-4)9-7-11-29(27)28-10-6-8-25(22(28)2)20-36-30-14-12-23(18-34)16-32(30)38-3/h6-19H,5,20-21H2,1-4H3. The van der Waals surface area contributed by atoms with Crippen LogP contribution in [0.3, 0.4) is 0 Å². The molecule has 0 N–H and O–H groups in total. The second-order valence-electron chi connectivity index (χ2n) is 9.02. The molecule has 0 bridgehead atoms. The Morgan fingerprint density at radius 3 is 1.72 bits per heavy atom. The molecule has 0 saturated carbocycles. The van der Waals surface area contributed by atoms with E-state index in [-0.39, 0.29) is 0 Å². The van der Waals surface area contributed by atoms with Crippen LogP contribution in [-0.4, -0.2) is 25.1 Å². The minimum atomic E-state index is 0.437. The number of benzene rings is 4. The van der Waals surface area contributed by atoms with E-state index in [0.29, 0.717) is 24.3 Å². The third-order valence-corrected chi connectivity index (χ3v) is 8.29. The summed E-state index contributed by atoms with van der Waals surface area (Å²) in [5.74, 6) is 1.55. The zero-order valence-corrected chi connectivity index (χ0v) is 24.3. The fourth-order valence-electron chi connectivity index (χ4n) is 4.64. The quantitative estimate of drug-likeness (QED) is 0.129. The van der Waals surface area contributed by atoms with Crippen LogP contribution >= 0.6 is 23.5 Å². The van der Waals surface area contributed by atoms with E-state index in [0.717, 1.165) is 51.4 Å². The lowest BCUT2D eigenvalue weighted by atomic mass is 9.90. The molecule has 0 unspecified atom stereocenters. The topological polar surface area (TPSA) is 52.6 Å². The Bertz CT molecular complexity index is 1480. The second-order valence-corrected chi connectivity index (χ2v) is 10.7. The first kappa shape index (κ1) is 28.5. The molecule has 0 aliphatic heterocycles. The lowest BCUT2D eigenvalue weighted by Gasteiger charge is -2.19. The molecule has 4 nitrogen and oxygen atoms in total. The first-order valence-electron chi connectivity index (χ1n) is 12.7. The van der Waals surface area contributed by atoms with Crippen molar-refractivity contribution in [2.75, 3.05) is 12.5 Å². The van der Waals surface area contributed by atoms with Crippen LogP contribution in [-0.2, 0) is 19.6 Å². The summed E-state index contributed by atoms with van der Waals surface area (Å²) in [6.07, 6.45) is 6.54. The van der Waals surface area contributed by atoms with E-state index in [1.807, 2.05) is 36.8 Å². The highest BCUT2D eigenvalue weighted by Crippen LogP contribution is 2.34. The van der Waals surface area contributed by atoms with Crippen molar-refractivity contribution in [3.05, 3.63) is 106 Å². The number of carbonyl (C=O) groups excluding carboxylic acids is 2. The molecule has 0 radical (unpaired) electrons. The third-order valence-electron chi connectivity index (χ3n) is 6.78. The SMILES string of the molecule is CCc1c(COc2ccc(C=O)cc2SC)cccc1-c1cccc(COc2ccc(C=O)cc2SC)c1C. The summed E-state index contributed by atoms with van der Waals surface area (Å²) < 4.78 is 12.5. The van der Waals surface area contributed by atoms with E-state index in [9.17, 15) is 9.59 Å². The number of hydrogen-bond donors (Lipinski definition) is 0. The summed E-state index contributed by atoms with van der Waals surface area (Å²) in [5, 5.41) is 0. The van der Waals surface area contributed by atoms with E-state index in [4.69, 9.17) is 9.47 Å². The van der Waals surface area contributed by atoms with Gasteiger partial charge < -0.3 is 9.47 Å². The Labute approximate surface area is 239 Å². The van der Waals surface area contributed by atoms with Gasteiger partial charge >= 0.3 is 0 Å². The van der Waals surface area contributed by atoms with Crippen molar-refractivity contribution in [2.45, 2.75) is 43.3 Å². The molecule has 0 fully saturated rings. The molecule has 0 atom stereocenters. The zero-order chi connectivity index (χ0) is 27.8. The first-order chi connectivity index (χ1) is 19.0. The van der Waals surface area contributed by atoms with Crippen LogP contribution < -0.4 is 9.47 Å². The molecular formula is C33H32O4S2. The van der Waals surface area contributed by atoms with Crippen molar-refractivity contribution in [3.8, 4) is 22.6 Å². The van der Waals surface area contributed by atoms with Gasteiger partial charge in [0.25, 0.3) is 0 Å². The van der Waals surface area contributed by atoms with Gasteiger partial charge in [-0.25, -0.2) is 0 Å². The molecule has 0 aromatic heterocycles. The number of carbonyl (C=O) groups is 2. The van der Waals surface area contributed by atoms with Crippen molar-refractivity contribution in [2.24, 2.45) is 0 Å². The minimum absolute atomic E-state index is 0.437. The van der Waals surface area contributed by atoms with Crippen LogP contribution in [0.15, 0.2) is 82.6 Å². The highest BCUT2D eigenvalue weighted by atomic mass is 32.2. The van der Waals surface area contributed by atoms with Crippen LogP contribution in [0, 0.1) is 6.92 Å². The van der Waals surface area contributed by atoms with Crippen molar-refractivity contribution >= 4 is 36.1 Å². The molecule has 6 heteroatoms. The number of hydrogen-bond acceptors (Lipinski definition) is 6. The van der Waals surface area contributed by atoms with Crippen molar-refractivity contribution < 1.29 is 19.1 Å². The monoisotopic (exact) mass is 556 g/mol. The molecule has 0 saturated heterocycles. The van der Waals surface area contributed by atoms with Crippen LogP contribution in [0.2, 0.25) is 0 Å². The number of thioether (sulfide) groups is 2. The fourth-order valence-corrected chi connectivity index (χ4v) is 5.80. The summed E-state index contributed by atoms with van der Waals surface area (Å²) in [4.78, 5) is 24.2. The lowest BCUT2D eigenvalue weighted by Crippen LogP contribution is -2.04. The fraction of sp³-hybridized carbons (Fsp3) is 0.212. The minimum Gasteiger partial charge on any atom is -0.488 e. The molecule has 0 amide bonds. The largest absolute Gasteiger partial charge is 0.488 e. The molecule has 0 aliphatic rings. The van der Waals surface area contributed by atoms with Crippen LogP contribution in [0.25, 0.3) is 11.1 Å². The molecule has 4 rings (SSSR count). The molecule has 0 heterocycles. The lowest BCUT2D eigenvalue weighted by molar-refractivity contribution is 0.111. The predicted octanol–water partition coefficient (Wildman–Crippen LogP) is 8.45. The van der Waals surface area contributed by atoms with Crippen LogP contribution in [0.5, 0.6) is 11.5 Å². The highest BCUT2D eigenvalue weighted by Gasteiger charge is 2.15. The maximum Gasteiger partial charge on any atom is 0.150 e. The van der Waals surface area contributed by atoms with Gasteiger partial charge in [0.1, 0.15) is 37.3 Å². The smallest absolute Gasteiger partial charge is 0.150 e. The van der Waals surface area contributed by atoms with Gasteiger partial charge in [-0.15, -0.1) is 23.5 Å². The molecule has 0 spiro atoms. The Hall–Kier alpha value is -3.48. The summed E-state index contributed by atoms with van der Waals surface area (Å²) in [6, 6.07) is 23.7. The Kier molecular flexibility index (Phi) is 9.90. The van der Waals surface area contributed by atoms with E-state index in [2.05, 4.69) is 50.2 Å². The molecular weight excluding hydrogens is 524 g/mol. The van der Waals surface area contributed by atoms with E-state index in [1.165, 1.54) is 22.3 Å². The molecule has 200 valence electrons. The zero-order valence-electron chi connectivity index (χ0n) is 22.7. The third kappa shape index (κ3) is 6.57. The maximum atomic E-state index is 11.2.